The normalized spacial score (nSPS) is 11.3. The van der Waals surface area contributed by atoms with Crippen molar-refractivity contribution >= 4 is 5.96 Å². The van der Waals surface area contributed by atoms with E-state index in [1.54, 1.807) is 19.8 Å². The summed E-state index contributed by atoms with van der Waals surface area (Å²) in [5, 5.41) is 14.3. The molecule has 0 radical (unpaired) electrons. The molecular formula is C21H34N6O2. The van der Waals surface area contributed by atoms with Crippen molar-refractivity contribution < 1.29 is 9.47 Å². The Morgan fingerprint density at radius 1 is 1.07 bits per heavy atom. The molecule has 8 nitrogen and oxygen atoms in total. The molecule has 1 aromatic heterocycles. The number of nitrogens with zero attached hydrogens (tertiary/aromatic N) is 4. The van der Waals surface area contributed by atoms with Gasteiger partial charge in [0, 0.05) is 26.2 Å². The fraction of sp³-hybridized carbons (Fsp3) is 0.571. The van der Waals surface area contributed by atoms with Crippen LogP contribution in [-0.2, 0) is 13.0 Å². The smallest absolute Gasteiger partial charge is 0.191 e. The van der Waals surface area contributed by atoms with E-state index in [2.05, 4.69) is 44.9 Å². The van der Waals surface area contributed by atoms with Crippen LogP contribution in [0.15, 0.2) is 35.8 Å². The Morgan fingerprint density at radius 2 is 1.90 bits per heavy atom. The lowest BCUT2D eigenvalue weighted by atomic mass is 10.1. The highest BCUT2D eigenvalue weighted by atomic mass is 16.5. The molecule has 0 saturated carbocycles. The van der Waals surface area contributed by atoms with Crippen molar-refractivity contribution in [2.24, 2.45) is 4.99 Å². The molecule has 1 heterocycles. The first kappa shape index (κ1) is 22.5. The van der Waals surface area contributed by atoms with Crippen LogP contribution in [0.4, 0.5) is 0 Å². The number of methoxy groups -OCH3 is 1. The SMILES string of the molecule is CCNC(=NCCCc1ccc(OC)c(OCC)c1)NCCCCn1cnnc1. The number of aliphatic imine (C=N–C) groups is 1. The molecule has 0 saturated heterocycles. The standard InChI is InChI=1S/C21H34N6O2/c1-4-22-21(23-12-6-7-14-27-16-25-26-17-27)24-13-8-9-18-10-11-19(28-3)20(15-18)29-5-2/h10-11,15-17H,4-9,12-14H2,1-3H3,(H2,22,23,24). The Balaban J connectivity index is 1.71. The number of guanidine groups is 1. The van der Waals surface area contributed by atoms with E-state index < -0.39 is 0 Å². The molecule has 29 heavy (non-hydrogen) atoms. The lowest BCUT2D eigenvalue weighted by molar-refractivity contribution is 0.310. The summed E-state index contributed by atoms with van der Waals surface area (Å²) in [6.45, 7) is 8.13. The second-order valence-electron chi connectivity index (χ2n) is 6.62. The van der Waals surface area contributed by atoms with E-state index in [4.69, 9.17) is 9.47 Å². The Hall–Kier alpha value is -2.77. The first-order chi connectivity index (χ1) is 14.3. The van der Waals surface area contributed by atoms with Gasteiger partial charge >= 0.3 is 0 Å². The minimum Gasteiger partial charge on any atom is -0.493 e. The summed E-state index contributed by atoms with van der Waals surface area (Å²) in [6.07, 6.45) is 7.56. The maximum atomic E-state index is 5.65. The molecule has 0 unspecified atom stereocenters. The molecule has 160 valence electrons. The summed E-state index contributed by atoms with van der Waals surface area (Å²) >= 11 is 0. The second kappa shape index (κ2) is 13.4. The van der Waals surface area contributed by atoms with Crippen molar-refractivity contribution in [3.05, 3.63) is 36.4 Å². The van der Waals surface area contributed by atoms with Gasteiger partial charge in [-0.2, -0.15) is 0 Å². The van der Waals surface area contributed by atoms with Gasteiger partial charge in [0.1, 0.15) is 12.7 Å². The molecule has 0 aliphatic rings. The molecule has 8 heteroatoms. The third-order valence-electron chi connectivity index (χ3n) is 4.37. The topological polar surface area (TPSA) is 85.6 Å². The van der Waals surface area contributed by atoms with Crippen LogP contribution in [0.2, 0.25) is 0 Å². The lowest BCUT2D eigenvalue weighted by Crippen LogP contribution is -2.38. The van der Waals surface area contributed by atoms with Gasteiger partial charge < -0.3 is 24.7 Å². The number of aromatic nitrogens is 3. The molecule has 0 spiro atoms. The zero-order valence-corrected chi connectivity index (χ0v) is 17.9. The first-order valence-corrected chi connectivity index (χ1v) is 10.4. The van der Waals surface area contributed by atoms with Gasteiger partial charge in [-0.25, -0.2) is 0 Å². The minimum atomic E-state index is 0.626. The molecule has 1 aromatic carbocycles. The Labute approximate surface area is 173 Å². The molecule has 2 aromatic rings. The van der Waals surface area contributed by atoms with Crippen molar-refractivity contribution in [3.8, 4) is 11.5 Å². The summed E-state index contributed by atoms with van der Waals surface area (Å²) in [7, 11) is 1.66. The van der Waals surface area contributed by atoms with Gasteiger partial charge in [-0.1, -0.05) is 6.07 Å². The lowest BCUT2D eigenvalue weighted by Gasteiger charge is -2.12. The van der Waals surface area contributed by atoms with E-state index in [0.29, 0.717) is 6.61 Å². The molecule has 0 fully saturated rings. The highest BCUT2D eigenvalue weighted by Gasteiger charge is 2.05. The van der Waals surface area contributed by atoms with E-state index in [-0.39, 0.29) is 0 Å². The monoisotopic (exact) mass is 402 g/mol. The Bertz CT molecular complexity index is 718. The molecule has 2 rings (SSSR count). The summed E-state index contributed by atoms with van der Waals surface area (Å²) in [5.41, 5.74) is 1.23. The van der Waals surface area contributed by atoms with Crippen LogP contribution in [0.5, 0.6) is 11.5 Å². The Kier molecular flexibility index (Phi) is 10.4. The molecule has 2 N–H and O–H groups in total. The van der Waals surface area contributed by atoms with E-state index in [1.807, 2.05) is 17.6 Å². The van der Waals surface area contributed by atoms with Crippen molar-refractivity contribution in [2.75, 3.05) is 33.4 Å². The average molecular weight is 403 g/mol. The summed E-state index contributed by atoms with van der Waals surface area (Å²) in [6, 6.07) is 6.12. The predicted molar refractivity (Wildman–Crippen MR) is 116 cm³/mol. The molecule has 0 aliphatic heterocycles. The van der Waals surface area contributed by atoms with Gasteiger partial charge in [0.25, 0.3) is 0 Å². The summed E-state index contributed by atoms with van der Waals surface area (Å²) in [5.74, 6) is 2.45. The van der Waals surface area contributed by atoms with Crippen molar-refractivity contribution in [1.82, 2.24) is 25.4 Å². The van der Waals surface area contributed by atoms with Crippen LogP contribution < -0.4 is 20.1 Å². The van der Waals surface area contributed by atoms with Crippen LogP contribution in [0.3, 0.4) is 0 Å². The summed E-state index contributed by atoms with van der Waals surface area (Å²) in [4.78, 5) is 4.68. The molecule has 0 amide bonds. The molecule has 0 atom stereocenters. The van der Waals surface area contributed by atoms with Crippen LogP contribution in [-0.4, -0.2) is 54.1 Å². The van der Waals surface area contributed by atoms with E-state index in [1.165, 1.54) is 5.56 Å². The number of aryl methyl sites for hydroxylation is 2. The van der Waals surface area contributed by atoms with Gasteiger partial charge in [0.2, 0.25) is 0 Å². The van der Waals surface area contributed by atoms with Gasteiger partial charge in [0.05, 0.1) is 13.7 Å². The first-order valence-electron chi connectivity index (χ1n) is 10.4. The predicted octanol–water partition coefficient (Wildman–Crippen LogP) is 2.65. The highest BCUT2D eigenvalue weighted by molar-refractivity contribution is 5.79. The van der Waals surface area contributed by atoms with Crippen LogP contribution >= 0.6 is 0 Å². The molecule has 0 aliphatic carbocycles. The molecular weight excluding hydrogens is 368 g/mol. The second-order valence-corrected chi connectivity index (χ2v) is 6.62. The molecule has 0 bridgehead atoms. The number of hydrogen-bond acceptors (Lipinski definition) is 5. The largest absolute Gasteiger partial charge is 0.493 e. The Morgan fingerprint density at radius 3 is 2.62 bits per heavy atom. The van der Waals surface area contributed by atoms with Crippen LogP contribution in [0.25, 0.3) is 0 Å². The van der Waals surface area contributed by atoms with Gasteiger partial charge in [-0.15, -0.1) is 10.2 Å². The van der Waals surface area contributed by atoms with Gasteiger partial charge in [-0.3, -0.25) is 4.99 Å². The maximum Gasteiger partial charge on any atom is 0.191 e. The summed E-state index contributed by atoms with van der Waals surface area (Å²) < 4.78 is 13.0. The third-order valence-corrected chi connectivity index (χ3v) is 4.37. The quantitative estimate of drug-likeness (QED) is 0.304. The zero-order valence-electron chi connectivity index (χ0n) is 17.9. The minimum absolute atomic E-state index is 0.626. The van der Waals surface area contributed by atoms with E-state index in [0.717, 1.165) is 69.3 Å². The maximum absolute atomic E-state index is 5.65. The van der Waals surface area contributed by atoms with Crippen molar-refractivity contribution in [2.45, 2.75) is 46.1 Å². The van der Waals surface area contributed by atoms with Gasteiger partial charge in [-0.05, 0) is 57.2 Å². The van der Waals surface area contributed by atoms with Crippen LogP contribution in [0, 0.1) is 0 Å². The van der Waals surface area contributed by atoms with E-state index in [9.17, 15) is 0 Å². The zero-order chi connectivity index (χ0) is 20.7. The third kappa shape index (κ3) is 8.41. The number of nitrogens with one attached hydrogen (secondary N) is 2. The number of unbranched alkanes of at least 4 members (excludes halogenated alkanes) is 1. The number of ether oxygens (including phenoxy) is 2. The van der Waals surface area contributed by atoms with Crippen molar-refractivity contribution in [3.63, 3.8) is 0 Å². The fourth-order valence-electron chi connectivity index (χ4n) is 2.92. The fourth-order valence-corrected chi connectivity index (χ4v) is 2.92. The van der Waals surface area contributed by atoms with Gasteiger partial charge in [0.15, 0.2) is 17.5 Å². The highest BCUT2D eigenvalue weighted by Crippen LogP contribution is 2.28. The van der Waals surface area contributed by atoms with E-state index >= 15 is 0 Å². The number of benzene rings is 1. The number of rotatable bonds is 13. The van der Waals surface area contributed by atoms with Crippen LogP contribution in [0.1, 0.15) is 38.7 Å². The van der Waals surface area contributed by atoms with Crippen molar-refractivity contribution in [1.29, 1.82) is 0 Å². The number of hydrogen-bond donors (Lipinski definition) is 2. The average Bonchev–Trinajstić information content (AvgIpc) is 3.25.